The number of amides is 1. The molecule has 1 unspecified atom stereocenters. The monoisotopic (exact) mass is 389 g/mol. The number of likely N-dealkylation sites (tertiary alicyclic amines) is 1. The van der Waals surface area contributed by atoms with Gasteiger partial charge in [0, 0.05) is 37.3 Å². The normalized spacial score (nSPS) is 17.8. The van der Waals surface area contributed by atoms with Gasteiger partial charge >= 0.3 is 0 Å². The molecule has 1 fully saturated rings. The summed E-state index contributed by atoms with van der Waals surface area (Å²) in [5.74, 6) is -0.0810. The zero-order valence-electron chi connectivity index (χ0n) is 15.8. The molecule has 1 amide bonds. The molecule has 3 heterocycles. The average molecular weight is 390 g/mol. The number of carbonyl (C=O) groups is 1. The molecule has 2 aromatic rings. The standard InChI is InChI=1S/C20H27N5O.ClH/c1-14-4-6-15(7-5-14)18(25-10-2-3-11-25)13-22-20(26)19-16-12-21-9-8-17(16)23-24-19;/h4-7,18,21H,2-3,8-13H2,1H3,(H,22,26)(H,23,24);1H. The molecule has 1 aromatic carbocycles. The van der Waals surface area contributed by atoms with Gasteiger partial charge in [-0.15, -0.1) is 12.4 Å². The van der Waals surface area contributed by atoms with Crippen LogP contribution in [0.5, 0.6) is 0 Å². The van der Waals surface area contributed by atoms with E-state index in [4.69, 9.17) is 0 Å². The van der Waals surface area contributed by atoms with Crippen LogP contribution in [0.15, 0.2) is 24.3 Å². The number of carbonyl (C=O) groups excluding carboxylic acids is 1. The van der Waals surface area contributed by atoms with E-state index in [9.17, 15) is 4.79 Å². The van der Waals surface area contributed by atoms with Gasteiger partial charge in [-0.05, 0) is 38.4 Å². The van der Waals surface area contributed by atoms with Gasteiger partial charge in [-0.2, -0.15) is 5.10 Å². The maximum Gasteiger partial charge on any atom is 0.272 e. The second-order valence-corrected chi connectivity index (χ2v) is 7.34. The number of fused-ring (bicyclic) bond motifs is 1. The van der Waals surface area contributed by atoms with Gasteiger partial charge in [-0.3, -0.25) is 14.8 Å². The smallest absolute Gasteiger partial charge is 0.272 e. The minimum Gasteiger partial charge on any atom is -0.349 e. The highest BCUT2D eigenvalue weighted by atomic mass is 35.5. The van der Waals surface area contributed by atoms with E-state index in [1.807, 2.05) is 0 Å². The van der Waals surface area contributed by atoms with Gasteiger partial charge in [-0.25, -0.2) is 0 Å². The number of hydrogen-bond acceptors (Lipinski definition) is 4. The van der Waals surface area contributed by atoms with Gasteiger partial charge in [0.2, 0.25) is 0 Å². The van der Waals surface area contributed by atoms with E-state index in [0.29, 0.717) is 18.8 Å². The predicted octanol–water partition coefficient (Wildman–Crippen LogP) is 2.35. The minimum absolute atomic E-state index is 0. The number of nitrogens with one attached hydrogen (secondary N) is 3. The van der Waals surface area contributed by atoms with Gasteiger partial charge in [0.05, 0.1) is 6.04 Å². The molecule has 1 saturated heterocycles. The van der Waals surface area contributed by atoms with Gasteiger partial charge < -0.3 is 10.6 Å². The van der Waals surface area contributed by atoms with Crippen molar-refractivity contribution in [1.82, 2.24) is 25.7 Å². The first-order chi connectivity index (χ1) is 12.7. The third-order valence-corrected chi connectivity index (χ3v) is 5.52. The van der Waals surface area contributed by atoms with Crippen molar-refractivity contribution in [2.45, 2.75) is 38.8 Å². The highest BCUT2D eigenvalue weighted by Gasteiger charge is 2.26. The first-order valence-electron chi connectivity index (χ1n) is 9.58. The highest BCUT2D eigenvalue weighted by Crippen LogP contribution is 2.25. The summed E-state index contributed by atoms with van der Waals surface area (Å²) in [6.45, 7) is 6.54. The molecule has 2 aliphatic rings. The molecule has 0 aliphatic carbocycles. The second kappa shape index (κ2) is 8.87. The van der Waals surface area contributed by atoms with E-state index < -0.39 is 0 Å². The van der Waals surface area contributed by atoms with Crippen molar-refractivity contribution in [3.63, 3.8) is 0 Å². The number of nitrogens with zero attached hydrogens (tertiary/aromatic N) is 2. The van der Waals surface area contributed by atoms with Gasteiger partial charge in [0.15, 0.2) is 5.69 Å². The number of halogens is 1. The van der Waals surface area contributed by atoms with Crippen molar-refractivity contribution in [2.75, 3.05) is 26.2 Å². The number of rotatable bonds is 5. The van der Waals surface area contributed by atoms with Gasteiger partial charge in [0.1, 0.15) is 0 Å². The summed E-state index contributed by atoms with van der Waals surface area (Å²) >= 11 is 0. The lowest BCUT2D eigenvalue weighted by atomic mass is 10.0. The van der Waals surface area contributed by atoms with Crippen LogP contribution in [0.3, 0.4) is 0 Å². The first kappa shape index (κ1) is 19.9. The van der Waals surface area contributed by atoms with E-state index in [1.165, 1.54) is 24.0 Å². The molecule has 7 heteroatoms. The molecule has 0 spiro atoms. The molecular formula is C20H28ClN5O. The number of hydrogen-bond donors (Lipinski definition) is 3. The minimum atomic E-state index is -0.0810. The Morgan fingerprint density at radius 1 is 1.26 bits per heavy atom. The highest BCUT2D eigenvalue weighted by molar-refractivity contribution is 5.94. The Labute approximate surface area is 166 Å². The third kappa shape index (κ3) is 4.34. The molecule has 0 radical (unpaired) electrons. The molecule has 27 heavy (non-hydrogen) atoms. The first-order valence-corrected chi connectivity index (χ1v) is 9.58. The van der Waals surface area contributed by atoms with Crippen LogP contribution in [-0.2, 0) is 13.0 Å². The maximum atomic E-state index is 12.7. The average Bonchev–Trinajstić information content (AvgIpc) is 3.33. The lowest BCUT2D eigenvalue weighted by Crippen LogP contribution is -2.37. The summed E-state index contributed by atoms with van der Waals surface area (Å²) < 4.78 is 0. The zero-order valence-corrected chi connectivity index (χ0v) is 16.6. The van der Waals surface area contributed by atoms with E-state index in [-0.39, 0.29) is 24.4 Å². The Balaban J connectivity index is 0.00000210. The number of H-pyrrole nitrogens is 1. The molecule has 0 bridgehead atoms. The number of aromatic amines is 1. The molecule has 1 atom stereocenters. The Kier molecular flexibility index (Phi) is 6.52. The summed E-state index contributed by atoms with van der Waals surface area (Å²) in [6.07, 6.45) is 3.36. The fraction of sp³-hybridized carbons (Fsp3) is 0.500. The van der Waals surface area contributed by atoms with Crippen LogP contribution in [-0.4, -0.2) is 47.2 Å². The molecule has 0 saturated carbocycles. The summed E-state index contributed by atoms with van der Waals surface area (Å²) in [5.41, 5.74) is 5.17. The van der Waals surface area contributed by atoms with Crippen molar-refractivity contribution >= 4 is 18.3 Å². The van der Waals surface area contributed by atoms with E-state index in [2.05, 4.69) is 56.9 Å². The molecule has 6 nitrogen and oxygen atoms in total. The van der Waals surface area contributed by atoms with E-state index in [1.54, 1.807) is 0 Å². The van der Waals surface area contributed by atoms with Crippen LogP contribution in [0, 0.1) is 6.92 Å². The quantitative estimate of drug-likeness (QED) is 0.734. The van der Waals surface area contributed by atoms with Crippen molar-refractivity contribution in [3.05, 3.63) is 52.3 Å². The largest absolute Gasteiger partial charge is 0.349 e. The maximum absolute atomic E-state index is 12.7. The molecule has 2 aliphatic heterocycles. The molecule has 1 aromatic heterocycles. The van der Waals surface area contributed by atoms with Crippen LogP contribution in [0.2, 0.25) is 0 Å². The Bertz CT molecular complexity index is 767. The number of aromatic nitrogens is 2. The van der Waals surface area contributed by atoms with E-state index >= 15 is 0 Å². The third-order valence-electron chi connectivity index (χ3n) is 5.52. The van der Waals surface area contributed by atoms with Crippen LogP contribution in [0.1, 0.15) is 51.8 Å². The fourth-order valence-corrected chi connectivity index (χ4v) is 3.99. The summed E-state index contributed by atoms with van der Waals surface area (Å²) in [6, 6.07) is 8.89. The van der Waals surface area contributed by atoms with Crippen LogP contribution in [0.4, 0.5) is 0 Å². The van der Waals surface area contributed by atoms with Crippen LogP contribution < -0.4 is 10.6 Å². The Morgan fingerprint density at radius 3 is 2.74 bits per heavy atom. The molecule has 3 N–H and O–H groups in total. The topological polar surface area (TPSA) is 73.0 Å². The summed E-state index contributed by atoms with van der Waals surface area (Å²) in [4.78, 5) is 15.2. The Hall–Kier alpha value is -1.89. The fourth-order valence-electron chi connectivity index (χ4n) is 3.99. The number of aryl methyl sites for hydroxylation is 1. The van der Waals surface area contributed by atoms with Crippen LogP contribution in [0.25, 0.3) is 0 Å². The lowest BCUT2D eigenvalue weighted by molar-refractivity contribution is 0.0931. The van der Waals surface area contributed by atoms with E-state index in [0.717, 1.165) is 37.3 Å². The van der Waals surface area contributed by atoms with Gasteiger partial charge in [0.25, 0.3) is 5.91 Å². The molecular weight excluding hydrogens is 362 g/mol. The molecule has 146 valence electrons. The van der Waals surface area contributed by atoms with Crippen LogP contribution >= 0.6 is 12.4 Å². The molecule has 4 rings (SSSR count). The van der Waals surface area contributed by atoms with Crippen molar-refractivity contribution in [1.29, 1.82) is 0 Å². The van der Waals surface area contributed by atoms with Crippen molar-refractivity contribution < 1.29 is 4.79 Å². The predicted molar refractivity (Wildman–Crippen MR) is 108 cm³/mol. The van der Waals surface area contributed by atoms with Gasteiger partial charge in [-0.1, -0.05) is 29.8 Å². The lowest BCUT2D eigenvalue weighted by Gasteiger charge is -2.28. The summed E-state index contributed by atoms with van der Waals surface area (Å²) in [5, 5.41) is 13.7. The second-order valence-electron chi connectivity index (χ2n) is 7.34. The summed E-state index contributed by atoms with van der Waals surface area (Å²) in [7, 11) is 0. The number of benzene rings is 1. The Morgan fingerprint density at radius 2 is 2.00 bits per heavy atom. The van der Waals surface area contributed by atoms with Crippen molar-refractivity contribution in [3.8, 4) is 0 Å². The SMILES string of the molecule is Cc1ccc(C(CNC(=O)c2n[nH]c3c2CNCC3)N2CCCC2)cc1.Cl. The van der Waals surface area contributed by atoms with Crippen molar-refractivity contribution in [2.24, 2.45) is 0 Å². The zero-order chi connectivity index (χ0) is 17.9.